The van der Waals surface area contributed by atoms with Gasteiger partial charge in [0.25, 0.3) is 5.91 Å². The minimum Gasteiger partial charge on any atom is -0.351 e. The van der Waals surface area contributed by atoms with Crippen molar-refractivity contribution in [2.75, 3.05) is 23.3 Å². The molecule has 2 aromatic rings. The summed E-state index contributed by atoms with van der Waals surface area (Å²) in [5.41, 5.74) is 1.17. The number of sulfonamides is 1. The van der Waals surface area contributed by atoms with Crippen molar-refractivity contribution in [3.05, 3.63) is 64.4 Å². The molecule has 0 aromatic heterocycles. The Morgan fingerprint density at radius 1 is 1.23 bits per heavy atom. The second kappa shape index (κ2) is 9.25. The van der Waals surface area contributed by atoms with E-state index in [1.807, 2.05) is 0 Å². The van der Waals surface area contributed by atoms with E-state index in [0.717, 1.165) is 6.26 Å². The third-order valence-corrected chi connectivity index (χ3v) is 5.19. The predicted molar refractivity (Wildman–Crippen MR) is 105 cm³/mol. The van der Waals surface area contributed by atoms with Crippen molar-refractivity contribution in [3.63, 3.8) is 0 Å². The number of amides is 1. The Kier molecular flexibility index (Phi) is 7.31. The summed E-state index contributed by atoms with van der Waals surface area (Å²) in [6, 6.07) is 10.9. The SMILES string of the molecule is CS(=O)(=O)Nc1ccc(C(=O)NCCSCc2ccccc2F)c(Cl)c1. The molecule has 0 radical (unpaired) electrons. The third-order valence-electron chi connectivity index (χ3n) is 3.26. The lowest BCUT2D eigenvalue weighted by Crippen LogP contribution is -2.26. The Morgan fingerprint density at radius 3 is 2.62 bits per heavy atom. The second-order valence-corrected chi connectivity index (χ2v) is 8.73. The van der Waals surface area contributed by atoms with Crippen LogP contribution in [-0.4, -0.2) is 32.9 Å². The molecule has 2 aromatic carbocycles. The second-order valence-electron chi connectivity index (χ2n) is 5.47. The van der Waals surface area contributed by atoms with Gasteiger partial charge in [0.05, 0.1) is 16.8 Å². The molecular formula is C17H18ClFN2O3S2. The molecule has 0 heterocycles. The zero-order valence-corrected chi connectivity index (χ0v) is 16.3. The van der Waals surface area contributed by atoms with Crippen LogP contribution in [0.3, 0.4) is 0 Å². The largest absolute Gasteiger partial charge is 0.351 e. The smallest absolute Gasteiger partial charge is 0.252 e. The normalized spacial score (nSPS) is 11.2. The van der Waals surface area contributed by atoms with Crippen molar-refractivity contribution in [1.82, 2.24) is 5.32 Å². The van der Waals surface area contributed by atoms with E-state index >= 15 is 0 Å². The van der Waals surface area contributed by atoms with Gasteiger partial charge in [0.1, 0.15) is 5.82 Å². The summed E-state index contributed by atoms with van der Waals surface area (Å²) in [6.45, 7) is 0.400. The number of hydrogen-bond acceptors (Lipinski definition) is 4. The number of benzene rings is 2. The first-order valence-electron chi connectivity index (χ1n) is 7.63. The van der Waals surface area contributed by atoms with Crippen LogP contribution in [0.5, 0.6) is 0 Å². The van der Waals surface area contributed by atoms with E-state index in [4.69, 9.17) is 11.6 Å². The molecule has 1 amide bonds. The third kappa shape index (κ3) is 6.51. The lowest BCUT2D eigenvalue weighted by Gasteiger charge is -2.09. The van der Waals surface area contributed by atoms with Crippen molar-refractivity contribution in [2.45, 2.75) is 5.75 Å². The van der Waals surface area contributed by atoms with E-state index < -0.39 is 10.0 Å². The van der Waals surface area contributed by atoms with E-state index in [0.29, 0.717) is 23.6 Å². The number of carbonyl (C=O) groups is 1. The summed E-state index contributed by atoms with van der Waals surface area (Å²) in [5, 5.41) is 2.88. The first-order chi connectivity index (χ1) is 12.3. The van der Waals surface area contributed by atoms with Gasteiger partial charge in [-0.2, -0.15) is 11.8 Å². The first kappa shape index (κ1) is 20.5. The Hall–Kier alpha value is -1.77. The molecule has 0 spiro atoms. The van der Waals surface area contributed by atoms with Crippen LogP contribution >= 0.6 is 23.4 Å². The Balaban J connectivity index is 1.81. The lowest BCUT2D eigenvalue weighted by atomic mass is 10.2. The van der Waals surface area contributed by atoms with Gasteiger partial charge in [-0.15, -0.1) is 0 Å². The Labute approximate surface area is 161 Å². The molecule has 26 heavy (non-hydrogen) atoms. The number of rotatable bonds is 8. The molecule has 0 fully saturated rings. The summed E-state index contributed by atoms with van der Waals surface area (Å²) in [7, 11) is -3.41. The fourth-order valence-corrected chi connectivity index (χ4v) is 3.77. The zero-order valence-electron chi connectivity index (χ0n) is 14.0. The molecule has 0 atom stereocenters. The van der Waals surface area contributed by atoms with Gasteiger partial charge < -0.3 is 5.32 Å². The number of thioether (sulfide) groups is 1. The average molecular weight is 417 g/mol. The molecular weight excluding hydrogens is 399 g/mol. The van der Waals surface area contributed by atoms with Crippen LogP contribution in [0.25, 0.3) is 0 Å². The molecule has 5 nitrogen and oxygen atoms in total. The maximum Gasteiger partial charge on any atom is 0.252 e. The highest BCUT2D eigenvalue weighted by molar-refractivity contribution is 7.98. The van der Waals surface area contributed by atoms with Crippen LogP contribution in [0.4, 0.5) is 10.1 Å². The minimum absolute atomic E-state index is 0.148. The lowest BCUT2D eigenvalue weighted by molar-refractivity contribution is 0.0956. The molecule has 2 N–H and O–H groups in total. The Morgan fingerprint density at radius 2 is 1.96 bits per heavy atom. The van der Waals surface area contributed by atoms with Crippen LogP contribution in [0.15, 0.2) is 42.5 Å². The van der Waals surface area contributed by atoms with E-state index in [1.165, 1.54) is 36.0 Å². The van der Waals surface area contributed by atoms with Crippen LogP contribution in [0.2, 0.25) is 5.02 Å². The van der Waals surface area contributed by atoms with Crippen molar-refractivity contribution in [1.29, 1.82) is 0 Å². The highest BCUT2D eigenvalue weighted by Crippen LogP contribution is 2.21. The zero-order chi connectivity index (χ0) is 19.2. The summed E-state index contributed by atoms with van der Waals surface area (Å²) in [4.78, 5) is 12.1. The van der Waals surface area contributed by atoms with Gasteiger partial charge in [-0.3, -0.25) is 9.52 Å². The van der Waals surface area contributed by atoms with E-state index in [-0.39, 0.29) is 28.0 Å². The maximum absolute atomic E-state index is 13.5. The Bertz CT molecular complexity index is 891. The van der Waals surface area contributed by atoms with Gasteiger partial charge in [-0.25, -0.2) is 12.8 Å². The van der Waals surface area contributed by atoms with Gasteiger partial charge in [0.2, 0.25) is 10.0 Å². The molecule has 0 unspecified atom stereocenters. The van der Waals surface area contributed by atoms with Gasteiger partial charge in [0, 0.05) is 23.7 Å². The molecule has 140 valence electrons. The van der Waals surface area contributed by atoms with E-state index in [9.17, 15) is 17.6 Å². The predicted octanol–water partition coefficient (Wildman–Crippen LogP) is 3.51. The molecule has 0 aliphatic rings. The quantitative estimate of drug-likeness (QED) is 0.645. The molecule has 9 heteroatoms. The maximum atomic E-state index is 13.5. The number of nitrogens with one attached hydrogen (secondary N) is 2. The monoisotopic (exact) mass is 416 g/mol. The highest BCUT2D eigenvalue weighted by atomic mass is 35.5. The molecule has 0 aliphatic heterocycles. The van der Waals surface area contributed by atoms with Gasteiger partial charge in [-0.05, 0) is 29.8 Å². The van der Waals surface area contributed by atoms with Gasteiger partial charge in [0.15, 0.2) is 0 Å². The van der Waals surface area contributed by atoms with Crippen molar-refractivity contribution < 1.29 is 17.6 Å². The molecule has 0 bridgehead atoms. The van der Waals surface area contributed by atoms with Gasteiger partial charge >= 0.3 is 0 Å². The summed E-state index contributed by atoms with van der Waals surface area (Å²) in [6.07, 6.45) is 1.03. The number of anilines is 1. The summed E-state index contributed by atoms with van der Waals surface area (Å²) >= 11 is 7.55. The molecule has 2 rings (SSSR count). The summed E-state index contributed by atoms with van der Waals surface area (Å²) < 4.78 is 38.2. The molecule has 0 saturated carbocycles. The van der Waals surface area contributed by atoms with Crippen molar-refractivity contribution in [3.8, 4) is 0 Å². The minimum atomic E-state index is -3.41. The number of halogens is 2. The van der Waals surface area contributed by atoms with Crippen molar-refractivity contribution >= 4 is 45.0 Å². The fraction of sp³-hybridized carbons (Fsp3) is 0.235. The topological polar surface area (TPSA) is 75.3 Å². The first-order valence-corrected chi connectivity index (χ1v) is 11.1. The summed E-state index contributed by atoms with van der Waals surface area (Å²) in [5.74, 6) is 0.548. The fourth-order valence-electron chi connectivity index (χ4n) is 2.11. The van der Waals surface area contributed by atoms with E-state index in [2.05, 4.69) is 10.0 Å². The van der Waals surface area contributed by atoms with Gasteiger partial charge in [-0.1, -0.05) is 29.8 Å². The number of hydrogen-bond donors (Lipinski definition) is 2. The van der Waals surface area contributed by atoms with Crippen molar-refractivity contribution in [2.24, 2.45) is 0 Å². The average Bonchev–Trinajstić information content (AvgIpc) is 2.54. The number of carbonyl (C=O) groups excluding carboxylic acids is 1. The highest BCUT2D eigenvalue weighted by Gasteiger charge is 2.12. The standard InChI is InChI=1S/C17H18ClFN2O3S2/c1-26(23,24)21-13-6-7-14(15(18)10-13)17(22)20-8-9-25-11-12-4-2-3-5-16(12)19/h2-7,10,21H,8-9,11H2,1H3,(H,20,22). The van der Waals surface area contributed by atoms with Crippen LogP contribution in [-0.2, 0) is 15.8 Å². The van der Waals surface area contributed by atoms with Crippen LogP contribution < -0.4 is 10.0 Å². The molecule has 0 aliphatic carbocycles. The van der Waals surface area contributed by atoms with Crippen LogP contribution in [0.1, 0.15) is 15.9 Å². The van der Waals surface area contributed by atoms with Crippen LogP contribution in [0, 0.1) is 5.82 Å². The molecule has 0 saturated heterocycles. The van der Waals surface area contributed by atoms with E-state index in [1.54, 1.807) is 18.2 Å².